The second kappa shape index (κ2) is 5.10. The summed E-state index contributed by atoms with van der Waals surface area (Å²) in [5, 5.41) is 4.04. The van der Waals surface area contributed by atoms with Crippen molar-refractivity contribution in [2.45, 2.75) is 26.2 Å². The Morgan fingerprint density at radius 3 is 3.00 bits per heavy atom. The van der Waals surface area contributed by atoms with Crippen molar-refractivity contribution in [1.29, 1.82) is 0 Å². The first-order valence-corrected chi connectivity index (χ1v) is 6.72. The summed E-state index contributed by atoms with van der Waals surface area (Å²) in [4.78, 5) is 14.9. The Morgan fingerprint density at radius 2 is 2.41 bits per heavy atom. The Kier molecular flexibility index (Phi) is 3.73. The predicted octanol–water partition coefficient (Wildman–Crippen LogP) is 1.08. The van der Waals surface area contributed by atoms with Gasteiger partial charge in [0.2, 0.25) is 0 Å². The lowest BCUT2D eigenvalue weighted by Gasteiger charge is -2.15. The monoisotopic (exact) mass is 254 g/mol. The largest absolute Gasteiger partial charge is 0.338 e. The molecule has 0 spiro atoms. The molecule has 1 aliphatic heterocycles. The van der Waals surface area contributed by atoms with E-state index in [0.29, 0.717) is 17.3 Å². The molecule has 2 rings (SSSR count). The molecule has 6 heteroatoms. The normalized spacial score (nSPS) is 20.2. The van der Waals surface area contributed by atoms with Crippen molar-refractivity contribution in [1.82, 2.24) is 14.5 Å². The first-order valence-electron chi connectivity index (χ1n) is 5.95. The van der Waals surface area contributed by atoms with E-state index in [1.807, 2.05) is 18.7 Å². The Morgan fingerprint density at radius 1 is 1.65 bits per heavy atom. The van der Waals surface area contributed by atoms with E-state index in [2.05, 4.69) is 9.59 Å². The van der Waals surface area contributed by atoms with E-state index in [9.17, 15) is 4.79 Å². The highest BCUT2D eigenvalue weighted by molar-refractivity contribution is 7.08. The average Bonchev–Trinajstić information content (AvgIpc) is 2.97. The van der Waals surface area contributed by atoms with Crippen molar-refractivity contribution in [2.24, 2.45) is 11.7 Å². The summed E-state index contributed by atoms with van der Waals surface area (Å²) in [6.45, 7) is 6.28. The third kappa shape index (κ3) is 2.47. The zero-order valence-electron chi connectivity index (χ0n) is 10.2. The molecule has 1 aromatic rings. The van der Waals surface area contributed by atoms with Crippen molar-refractivity contribution in [3.8, 4) is 0 Å². The first-order chi connectivity index (χ1) is 8.13. The second-order valence-electron chi connectivity index (χ2n) is 4.78. The number of rotatable bonds is 3. The fourth-order valence-corrected chi connectivity index (χ4v) is 2.86. The standard InChI is InChI=1S/C11H18N4OS/c1-7(2)9-10(17-14-13-9)11(16)15-4-3-8(5-12)6-15/h7-8H,3-6,12H2,1-2H3. The third-order valence-electron chi connectivity index (χ3n) is 3.16. The van der Waals surface area contributed by atoms with E-state index in [-0.39, 0.29) is 11.8 Å². The maximum absolute atomic E-state index is 12.3. The highest BCUT2D eigenvalue weighted by Gasteiger charge is 2.29. The number of nitrogens with two attached hydrogens (primary N) is 1. The van der Waals surface area contributed by atoms with Crippen molar-refractivity contribution in [3.05, 3.63) is 10.6 Å². The molecule has 2 heterocycles. The number of aromatic nitrogens is 2. The molecule has 1 amide bonds. The summed E-state index contributed by atoms with van der Waals surface area (Å²) < 4.78 is 3.89. The number of carbonyl (C=O) groups is 1. The Labute approximate surface area is 105 Å². The summed E-state index contributed by atoms with van der Waals surface area (Å²) in [5.74, 6) is 0.752. The van der Waals surface area contributed by atoms with Gasteiger partial charge in [-0.15, -0.1) is 5.10 Å². The van der Waals surface area contributed by atoms with Crippen LogP contribution in [0.1, 0.15) is 41.6 Å². The van der Waals surface area contributed by atoms with Crippen LogP contribution in [-0.2, 0) is 0 Å². The molecule has 1 atom stereocenters. The van der Waals surface area contributed by atoms with Crippen molar-refractivity contribution < 1.29 is 4.79 Å². The summed E-state index contributed by atoms with van der Waals surface area (Å²) >= 11 is 1.20. The lowest BCUT2D eigenvalue weighted by Crippen LogP contribution is -2.30. The lowest BCUT2D eigenvalue weighted by molar-refractivity contribution is 0.0790. The summed E-state index contributed by atoms with van der Waals surface area (Å²) in [6.07, 6.45) is 1.01. The van der Waals surface area contributed by atoms with Gasteiger partial charge < -0.3 is 10.6 Å². The number of carbonyl (C=O) groups excluding carboxylic acids is 1. The molecule has 17 heavy (non-hydrogen) atoms. The number of amides is 1. The summed E-state index contributed by atoms with van der Waals surface area (Å²) in [7, 11) is 0. The summed E-state index contributed by atoms with van der Waals surface area (Å²) in [6, 6.07) is 0. The van der Waals surface area contributed by atoms with Gasteiger partial charge in [0, 0.05) is 13.1 Å². The van der Waals surface area contributed by atoms with Gasteiger partial charge in [0.05, 0.1) is 5.69 Å². The van der Waals surface area contributed by atoms with Gasteiger partial charge in [-0.2, -0.15) is 0 Å². The zero-order valence-corrected chi connectivity index (χ0v) is 11.0. The molecule has 0 aromatic carbocycles. The molecule has 1 aliphatic rings. The molecule has 1 unspecified atom stereocenters. The maximum Gasteiger partial charge on any atom is 0.267 e. The zero-order chi connectivity index (χ0) is 12.4. The Hall–Kier alpha value is -1.01. The van der Waals surface area contributed by atoms with Crippen molar-refractivity contribution in [3.63, 3.8) is 0 Å². The van der Waals surface area contributed by atoms with Crippen LogP contribution in [0.4, 0.5) is 0 Å². The van der Waals surface area contributed by atoms with Crippen LogP contribution in [0.3, 0.4) is 0 Å². The maximum atomic E-state index is 12.3. The van der Waals surface area contributed by atoms with E-state index in [4.69, 9.17) is 5.73 Å². The van der Waals surface area contributed by atoms with Crippen LogP contribution in [0.5, 0.6) is 0 Å². The van der Waals surface area contributed by atoms with E-state index in [1.54, 1.807) is 0 Å². The molecule has 0 bridgehead atoms. The van der Waals surface area contributed by atoms with Crippen LogP contribution in [0.2, 0.25) is 0 Å². The average molecular weight is 254 g/mol. The van der Waals surface area contributed by atoms with Gasteiger partial charge in [0.25, 0.3) is 5.91 Å². The van der Waals surface area contributed by atoms with Crippen molar-refractivity contribution >= 4 is 17.4 Å². The van der Waals surface area contributed by atoms with Gasteiger partial charge >= 0.3 is 0 Å². The molecule has 5 nitrogen and oxygen atoms in total. The SMILES string of the molecule is CC(C)c1nnsc1C(=O)N1CCC(CN)C1. The smallest absolute Gasteiger partial charge is 0.267 e. The van der Waals surface area contributed by atoms with E-state index >= 15 is 0 Å². The second-order valence-corrected chi connectivity index (χ2v) is 5.54. The Bertz CT molecular complexity index is 404. The van der Waals surface area contributed by atoms with Crippen LogP contribution >= 0.6 is 11.5 Å². The quantitative estimate of drug-likeness (QED) is 0.876. The minimum atomic E-state index is 0.0691. The number of nitrogens with zero attached hydrogens (tertiary/aromatic N) is 3. The highest BCUT2D eigenvalue weighted by atomic mass is 32.1. The molecular formula is C11H18N4OS. The Balaban J connectivity index is 2.12. The minimum absolute atomic E-state index is 0.0691. The van der Waals surface area contributed by atoms with Crippen LogP contribution in [0.25, 0.3) is 0 Å². The molecule has 94 valence electrons. The van der Waals surface area contributed by atoms with Crippen LogP contribution < -0.4 is 5.73 Å². The van der Waals surface area contributed by atoms with Crippen LogP contribution in [0.15, 0.2) is 0 Å². The van der Waals surface area contributed by atoms with E-state index in [0.717, 1.165) is 25.2 Å². The fourth-order valence-electron chi connectivity index (χ4n) is 2.08. The van der Waals surface area contributed by atoms with Gasteiger partial charge in [0.15, 0.2) is 0 Å². The lowest BCUT2D eigenvalue weighted by atomic mass is 10.1. The van der Waals surface area contributed by atoms with Gasteiger partial charge in [0.1, 0.15) is 4.88 Å². The molecule has 2 N–H and O–H groups in total. The fraction of sp³-hybridized carbons (Fsp3) is 0.727. The molecule has 0 aliphatic carbocycles. The topological polar surface area (TPSA) is 72.1 Å². The minimum Gasteiger partial charge on any atom is -0.338 e. The number of hydrogen-bond donors (Lipinski definition) is 1. The van der Waals surface area contributed by atoms with Gasteiger partial charge in [-0.3, -0.25) is 4.79 Å². The number of hydrogen-bond acceptors (Lipinski definition) is 5. The molecular weight excluding hydrogens is 236 g/mol. The predicted molar refractivity (Wildman–Crippen MR) is 67.1 cm³/mol. The third-order valence-corrected chi connectivity index (χ3v) is 3.89. The molecule has 1 saturated heterocycles. The summed E-state index contributed by atoms with van der Waals surface area (Å²) in [5.41, 5.74) is 6.45. The first kappa shape index (κ1) is 12.4. The molecule has 1 fully saturated rings. The van der Waals surface area contributed by atoms with Gasteiger partial charge in [-0.25, -0.2) is 0 Å². The van der Waals surface area contributed by atoms with Gasteiger partial charge in [-0.1, -0.05) is 18.3 Å². The molecule has 0 radical (unpaired) electrons. The van der Waals surface area contributed by atoms with E-state index < -0.39 is 0 Å². The van der Waals surface area contributed by atoms with Crippen LogP contribution in [0, 0.1) is 5.92 Å². The molecule has 1 aromatic heterocycles. The van der Waals surface area contributed by atoms with Gasteiger partial charge in [-0.05, 0) is 36.3 Å². The van der Waals surface area contributed by atoms with E-state index in [1.165, 1.54) is 11.5 Å². The van der Waals surface area contributed by atoms with Crippen molar-refractivity contribution in [2.75, 3.05) is 19.6 Å². The highest BCUT2D eigenvalue weighted by Crippen LogP contribution is 2.24. The van der Waals surface area contributed by atoms with Crippen LogP contribution in [-0.4, -0.2) is 40.0 Å². The number of likely N-dealkylation sites (tertiary alicyclic amines) is 1. The molecule has 0 saturated carbocycles.